The van der Waals surface area contributed by atoms with Crippen LogP contribution in [0, 0.1) is 5.92 Å². The summed E-state index contributed by atoms with van der Waals surface area (Å²) in [6.45, 7) is 2.84. The van der Waals surface area contributed by atoms with E-state index in [0.29, 0.717) is 31.6 Å². The summed E-state index contributed by atoms with van der Waals surface area (Å²) < 4.78 is 11.5. The smallest absolute Gasteiger partial charge is 0.223 e. The molecule has 19 heavy (non-hydrogen) atoms. The van der Waals surface area contributed by atoms with Gasteiger partial charge in [0.25, 0.3) is 0 Å². The van der Waals surface area contributed by atoms with Gasteiger partial charge in [-0.25, -0.2) is 0 Å². The molecule has 3 saturated heterocycles. The van der Waals surface area contributed by atoms with Gasteiger partial charge >= 0.3 is 0 Å². The van der Waals surface area contributed by atoms with E-state index in [2.05, 4.69) is 0 Å². The van der Waals surface area contributed by atoms with Crippen molar-refractivity contribution in [1.29, 1.82) is 0 Å². The van der Waals surface area contributed by atoms with Crippen LogP contribution < -0.4 is 0 Å². The third-order valence-electron chi connectivity index (χ3n) is 4.39. The number of carbonyl (C=O) groups is 1. The molecule has 4 nitrogen and oxygen atoms in total. The zero-order valence-electron chi connectivity index (χ0n) is 11.4. The number of piperidine rings is 1. The first-order valence-electron chi connectivity index (χ1n) is 7.41. The fourth-order valence-electron chi connectivity index (χ4n) is 3.26. The molecule has 3 rings (SSSR count). The number of hydrogen-bond donors (Lipinski definition) is 0. The van der Waals surface area contributed by atoms with Gasteiger partial charge in [0.15, 0.2) is 5.79 Å². The summed E-state index contributed by atoms with van der Waals surface area (Å²) in [5.41, 5.74) is 0. The highest BCUT2D eigenvalue weighted by Gasteiger charge is 2.42. The molecule has 5 heteroatoms. The van der Waals surface area contributed by atoms with Crippen LogP contribution >= 0.6 is 11.8 Å². The molecule has 3 fully saturated rings. The largest absolute Gasteiger partial charge is 0.346 e. The predicted octanol–water partition coefficient (Wildman–Crippen LogP) is 1.89. The molecule has 0 aliphatic carbocycles. The minimum atomic E-state index is -0.476. The van der Waals surface area contributed by atoms with E-state index in [-0.39, 0.29) is 0 Å². The highest BCUT2D eigenvalue weighted by molar-refractivity contribution is 7.99. The first-order chi connectivity index (χ1) is 9.27. The third-order valence-corrected chi connectivity index (χ3v) is 5.44. The number of rotatable bonds is 2. The Hall–Kier alpha value is -0.260. The van der Waals surface area contributed by atoms with Gasteiger partial charge in [0.1, 0.15) is 0 Å². The summed E-state index contributed by atoms with van der Waals surface area (Å²) in [6.07, 6.45) is 5.03. The van der Waals surface area contributed by atoms with Crippen LogP contribution in [0.5, 0.6) is 0 Å². The Balaban J connectivity index is 1.54. The van der Waals surface area contributed by atoms with Crippen LogP contribution in [-0.4, -0.2) is 54.4 Å². The molecular weight excluding hydrogens is 262 g/mol. The molecule has 3 aliphatic rings. The van der Waals surface area contributed by atoms with Gasteiger partial charge in [0, 0.05) is 19.4 Å². The lowest BCUT2D eigenvalue weighted by Gasteiger charge is -2.39. The molecule has 3 heterocycles. The van der Waals surface area contributed by atoms with Crippen LogP contribution in [-0.2, 0) is 14.3 Å². The van der Waals surface area contributed by atoms with Crippen molar-refractivity contribution in [2.45, 2.75) is 37.9 Å². The van der Waals surface area contributed by atoms with Crippen LogP contribution in [0.4, 0.5) is 0 Å². The highest BCUT2D eigenvalue weighted by atomic mass is 32.2. The molecule has 0 aromatic rings. The Morgan fingerprint density at radius 1 is 1.26 bits per heavy atom. The maximum absolute atomic E-state index is 12.4. The van der Waals surface area contributed by atoms with Gasteiger partial charge in [-0.2, -0.15) is 11.8 Å². The van der Waals surface area contributed by atoms with E-state index in [1.807, 2.05) is 16.7 Å². The van der Waals surface area contributed by atoms with Gasteiger partial charge in [0.2, 0.25) is 5.91 Å². The first-order valence-corrected chi connectivity index (χ1v) is 8.56. The molecular formula is C14H23NO3S. The number of hydrogen-bond acceptors (Lipinski definition) is 4. The lowest BCUT2D eigenvalue weighted by atomic mass is 9.96. The minimum absolute atomic E-state index is 0.301. The van der Waals surface area contributed by atoms with Crippen molar-refractivity contribution in [3.63, 3.8) is 0 Å². The van der Waals surface area contributed by atoms with Crippen LogP contribution in [0.15, 0.2) is 0 Å². The molecule has 0 saturated carbocycles. The number of carbonyl (C=O) groups excluding carboxylic acids is 1. The van der Waals surface area contributed by atoms with E-state index < -0.39 is 5.79 Å². The van der Waals surface area contributed by atoms with Crippen LogP contribution in [0.25, 0.3) is 0 Å². The van der Waals surface area contributed by atoms with Gasteiger partial charge in [-0.1, -0.05) is 0 Å². The first kappa shape index (κ1) is 13.7. The van der Waals surface area contributed by atoms with Crippen molar-refractivity contribution in [2.24, 2.45) is 5.92 Å². The number of thioether (sulfide) groups is 1. The Morgan fingerprint density at radius 3 is 2.74 bits per heavy atom. The van der Waals surface area contributed by atoms with Gasteiger partial charge in [0.05, 0.1) is 19.8 Å². The van der Waals surface area contributed by atoms with Crippen molar-refractivity contribution >= 4 is 17.7 Å². The van der Waals surface area contributed by atoms with Gasteiger partial charge in [-0.15, -0.1) is 0 Å². The van der Waals surface area contributed by atoms with E-state index in [0.717, 1.165) is 25.8 Å². The molecule has 3 aliphatic heterocycles. The van der Waals surface area contributed by atoms with Crippen molar-refractivity contribution in [3.05, 3.63) is 0 Å². The Labute approximate surface area is 119 Å². The van der Waals surface area contributed by atoms with Crippen molar-refractivity contribution < 1.29 is 14.3 Å². The average molecular weight is 285 g/mol. The molecule has 0 atom stereocenters. The number of nitrogens with zero attached hydrogens (tertiary/aromatic N) is 1. The maximum Gasteiger partial charge on any atom is 0.223 e. The van der Waals surface area contributed by atoms with Crippen molar-refractivity contribution in [2.75, 3.05) is 37.8 Å². The van der Waals surface area contributed by atoms with E-state index >= 15 is 0 Å². The van der Waals surface area contributed by atoms with E-state index in [1.54, 1.807) is 0 Å². The highest BCUT2D eigenvalue weighted by Crippen LogP contribution is 2.31. The molecule has 0 aromatic heterocycles. The normalized spacial score (nSPS) is 27.9. The number of ether oxygens (including phenoxy) is 2. The fraction of sp³-hybridized carbons (Fsp3) is 0.929. The van der Waals surface area contributed by atoms with Crippen LogP contribution in [0.2, 0.25) is 0 Å². The Bertz CT molecular complexity index is 325. The lowest BCUT2D eigenvalue weighted by Crippen LogP contribution is -2.51. The van der Waals surface area contributed by atoms with Gasteiger partial charge in [-0.3, -0.25) is 4.79 Å². The molecule has 0 N–H and O–H groups in total. The molecule has 0 aromatic carbocycles. The second-order valence-electron chi connectivity index (χ2n) is 5.79. The molecule has 1 spiro atoms. The average Bonchev–Trinajstić information content (AvgIpc) is 2.88. The minimum Gasteiger partial charge on any atom is -0.346 e. The van der Waals surface area contributed by atoms with Crippen LogP contribution in [0.1, 0.15) is 32.1 Å². The van der Waals surface area contributed by atoms with Crippen molar-refractivity contribution in [3.8, 4) is 0 Å². The Morgan fingerprint density at radius 2 is 2.00 bits per heavy atom. The lowest BCUT2D eigenvalue weighted by molar-refractivity contribution is -0.193. The SMILES string of the molecule is O=C(CC1CCSCC1)N1CCCC2(C1)OCCO2. The molecule has 0 bridgehead atoms. The topological polar surface area (TPSA) is 38.8 Å². The number of amides is 1. The summed E-state index contributed by atoms with van der Waals surface area (Å²) in [5.74, 6) is 2.85. The molecule has 0 unspecified atom stereocenters. The summed E-state index contributed by atoms with van der Waals surface area (Å²) in [4.78, 5) is 14.4. The van der Waals surface area contributed by atoms with Gasteiger partial charge < -0.3 is 14.4 Å². The fourth-order valence-corrected chi connectivity index (χ4v) is 4.46. The predicted molar refractivity (Wildman–Crippen MR) is 75.1 cm³/mol. The molecule has 0 radical (unpaired) electrons. The molecule has 108 valence electrons. The second-order valence-corrected chi connectivity index (χ2v) is 7.01. The third kappa shape index (κ3) is 3.26. The second kappa shape index (κ2) is 6.02. The summed E-state index contributed by atoms with van der Waals surface area (Å²) in [6, 6.07) is 0. The van der Waals surface area contributed by atoms with E-state index in [9.17, 15) is 4.79 Å². The van der Waals surface area contributed by atoms with Crippen LogP contribution in [0.3, 0.4) is 0 Å². The molecule has 1 amide bonds. The van der Waals surface area contributed by atoms with Crippen molar-refractivity contribution in [1.82, 2.24) is 4.90 Å². The summed E-state index contributed by atoms with van der Waals surface area (Å²) in [7, 11) is 0. The monoisotopic (exact) mass is 285 g/mol. The quantitative estimate of drug-likeness (QED) is 0.776. The maximum atomic E-state index is 12.4. The summed E-state index contributed by atoms with van der Waals surface area (Å²) in [5, 5.41) is 0. The van der Waals surface area contributed by atoms with E-state index in [1.165, 1.54) is 24.3 Å². The number of likely N-dealkylation sites (tertiary alicyclic amines) is 1. The van der Waals surface area contributed by atoms with Gasteiger partial charge in [-0.05, 0) is 36.7 Å². The zero-order valence-corrected chi connectivity index (χ0v) is 12.3. The Kier molecular flexibility index (Phi) is 4.34. The standard InChI is InChI=1S/C14H23NO3S/c16-13(10-12-2-8-19-9-3-12)15-5-1-4-14(11-15)17-6-7-18-14/h12H,1-11H2. The summed E-state index contributed by atoms with van der Waals surface area (Å²) >= 11 is 2.01. The zero-order chi connectivity index (χ0) is 13.1. The van der Waals surface area contributed by atoms with E-state index in [4.69, 9.17) is 9.47 Å².